The van der Waals surface area contributed by atoms with Crippen LogP contribution in [0.15, 0.2) is 36.5 Å². The van der Waals surface area contributed by atoms with E-state index < -0.39 is 5.60 Å². The van der Waals surface area contributed by atoms with Crippen molar-refractivity contribution >= 4 is 0 Å². The molecule has 2 aromatic rings. The summed E-state index contributed by atoms with van der Waals surface area (Å²) in [5.41, 5.74) is 1.93. The third-order valence-corrected chi connectivity index (χ3v) is 3.26. The van der Waals surface area contributed by atoms with Crippen LogP contribution in [0.4, 0.5) is 0 Å². The second kappa shape index (κ2) is 4.94. The van der Waals surface area contributed by atoms with E-state index in [0.717, 1.165) is 24.2 Å². The van der Waals surface area contributed by atoms with Crippen LogP contribution in [-0.2, 0) is 12.1 Å². The van der Waals surface area contributed by atoms with Gasteiger partial charge in [0.25, 0.3) is 0 Å². The first-order valence-corrected chi connectivity index (χ1v) is 6.37. The molecule has 0 saturated heterocycles. The minimum atomic E-state index is -1.00. The third kappa shape index (κ3) is 2.31. The second-order valence-electron chi connectivity index (χ2n) is 4.88. The normalized spacial score (nSPS) is 14.4. The highest BCUT2D eigenvalue weighted by molar-refractivity contribution is 5.33. The Kier molecular flexibility index (Phi) is 3.53. The maximum Gasteiger partial charge on any atom is 0.128 e. The predicted octanol–water partition coefficient (Wildman–Crippen LogP) is 2.86. The van der Waals surface area contributed by atoms with Crippen molar-refractivity contribution in [3.8, 4) is 0 Å². The van der Waals surface area contributed by atoms with Crippen molar-refractivity contribution in [1.82, 2.24) is 9.78 Å². The Bertz CT molecular complexity index is 512. The van der Waals surface area contributed by atoms with Gasteiger partial charge in [-0.05, 0) is 31.9 Å². The molecule has 3 heteroatoms. The minimum absolute atomic E-state index is 0.824. The van der Waals surface area contributed by atoms with Gasteiger partial charge >= 0.3 is 0 Å². The van der Waals surface area contributed by atoms with E-state index in [1.807, 2.05) is 48.9 Å². The molecule has 1 aromatic carbocycles. The first-order valence-electron chi connectivity index (χ1n) is 6.37. The summed E-state index contributed by atoms with van der Waals surface area (Å²) >= 11 is 0. The van der Waals surface area contributed by atoms with E-state index in [1.165, 1.54) is 5.56 Å². The van der Waals surface area contributed by atoms with Crippen molar-refractivity contribution in [1.29, 1.82) is 0 Å². The van der Waals surface area contributed by atoms with Gasteiger partial charge in [-0.15, -0.1) is 0 Å². The molecule has 0 amide bonds. The van der Waals surface area contributed by atoms with Gasteiger partial charge in [-0.25, -0.2) is 0 Å². The molecule has 1 atom stereocenters. The molecule has 0 bridgehead atoms. The average Bonchev–Trinajstić information content (AvgIpc) is 2.79. The van der Waals surface area contributed by atoms with Crippen molar-refractivity contribution in [3.63, 3.8) is 0 Å². The van der Waals surface area contributed by atoms with E-state index in [2.05, 4.69) is 12.0 Å². The number of nitrogens with zero attached hydrogens (tertiary/aromatic N) is 2. The van der Waals surface area contributed by atoms with Gasteiger partial charge in [-0.1, -0.05) is 36.8 Å². The van der Waals surface area contributed by atoms with Gasteiger partial charge in [-0.2, -0.15) is 5.10 Å². The number of aryl methyl sites for hydroxylation is 2. The van der Waals surface area contributed by atoms with Crippen LogP contribution >= 0.6 is 0 Å². The molecular formula is C15H20N2O. The Morgan fingerprint density at radius 2 is 1.89 bits per heavy atom. The van der Waals surface area contributed by atoms with E-state index in [0.29, 0.717) is 0 Å². The second-order valence-corrected chi connectivity index (χ2v) is 4.88. The molecule has 18 heavy (non-hydrogen) atoms. The standard InChI is InChI=1S/C15H20N2O/c1-4-11-17-14(9-10-16-17)15(3,18)13-7-5-12(2)6-8-13/h5-10,18H,4,11H2,1-3H3. The summed E-state index contributed by atoms with van der Waals surface area (Å²) < 4.78 is 1.87. The van der Waals surface area contributed by atoms with Crippen LogP contribution < -0.4 is 0 Å². The van der Waals surface area contributed by atoms with Crippen LogP contribution in [0.2, 0.25) is 0 Å². The number of rotatable bonds is 4. The number of aliphatic hydroxyl groups is 1. The van der Waals surface area contributed by atoms with E-state index in [9.17, 15) is 5.11 Å². The van der Waals surface area contributed by atoms with Crippen LogP contribution in [0.25, 0.3) is 0 Å². The van der Waals surface area contributed by atoms with Crippen molar-refractivity contribution in [2.24, 2.45) is 0 Å². The van der Waals surface area contributed by atoms with E-state index >= 15 is 0 Å². The molecule has 0 saturated carbocycles. The maximum atomic E-state index is 10.8. The van der Waals surface area contributed by atoms with Gasteiger partial charge in [-0.3, -0.25) is 4.68 Å². The summed E-state index contributed by atoms with van der Waals surface area (Å²) in [5.74, 6) is 0. The van der Waals surface area contributed by atoms with E-state index in [1.54, 1.807) is 6.20 Å². The summed E-state index contributed by atoms with van der Waals surface area (Å²) in [4.78, 5) is 0. The van der Waals surface area contributed by atoms with Crippen LogP contribution in [0.5, 0.6) is 0 Å². The van der Waals surface area contributed by atoms with Gasteiger partial charge in [0.1, 0.15) is 5.60 Å². The highest BCUT2D eigenvalue weighted by atomic mass is 16.3. The lowest BCUT2D eigenvalue weighted by Crippen LogP contribution is -2.27. The van der Waals surface area contributed by atoms with Crippen molar-refractivity contribution < 1.29 is 5.11 Å². The van der Waals surface area contributed by atoms with Crippen LogP contribution in [0.3, 0.4) is 0 Å². The zero-order chi connectivity index (χ0) is 13.2. The molecule has 2 rings (SSSR count). The SMILES string of the molecule is CCCn1nccc1C(C)(O)c1ccc(C)cc1. The summed E-state index contributed by atoms with van der Waals surface area (Å²) in [6, 6.07) is 9.86. The fourth-order valence-electron chi connectivity index (χ4n) is 2.16. The molecule has 1 N–H and O–H groups in total. The molecule has 1 heterocycles. The van der Waals surface area contributed by atoms with E-state index in [4.69, 9.17) is 0 Å². The molecule has 1 aromatic heterocycles. The molecular weight excluding hydrogens is 224 g/mol. The lowest BCUT2D eigenvalue weighted by atomic mass is 9.92. The molecule has 0 fully saturated rings. The van der Waals surface area contributed by atoms with E-state index in [-0.39, 0.29) is 0 Å². The highest BCUT2D eigenvalue weighted by Crippen LogP contribution is 2.29. The molecule has 0 radical (unpaired) electrons. The topological polar surface area (TPSA) is 38.0 Å². The predicted molar refractivity (Wildman–Crippen MR) is 72.4 cm³/mol. The molecule has 1 unspecified atom stereocenters. The summed E-state index contributed by atoms with van der Waals surface area (Å²) in [7, 11) is 0. The Labute approximate surface area is 108 Å². The van der Waals surface area contributed by atoms with Gasteiger partial charge in [0.15, 0.2) is 0 Å². The Balaban J connectivity index is 2.40. The molecule has 0 spiro atoms. The maximum absolute atomic E-state index is 10.8. The molecule has 0 aliphatic heterocycles. The highest BCUT2D eigenvalue weighted by Gasteiger charge is 2.28. The van der Waals surface area contributed by atoms with Gasteiger partial charge in [0, 0.05) is 12.7 Å². The number of aromatic nitrogens is 2. The van der Waals surface area contributed by atoms with Gasteiger partial charge in [0.05, 0.1) is 5.69 Å². The number of benzene rings is 1. The lowest BCUT2D eigenvalue weighted by molar-refractivity contribution is 0.0914. The van der Waals surface area contributed by atoms with Crippen molar-refractivity contribution in [2.45, 2.75) is 39.3 Å². The van der Waals surface area contributed by atoms with Crippen molar-refractivity contribution in [2.75, 3.05) is 0 Å². The molecule has 3 nitrogen and oxygen atoms in total. The first kappa shape index (κ1) is 12.8. The quantitative estimate of drug-likeness (QED) is 0.898. The lowest BCUT2D eigenvalue weighted by Gasteiger charge is -2.25. The number of hydrogen-bond acceptors (Lipinski definition) is 2. The summed E-state index contributed by atoms with van der Waals surface area (Å²) in [6.45, 7) is 6.79. The number of hydrogen-bond donors (Lipinski definition) is 1. The molecule has 0 aliphatic rings. The van der Waals surface area contributed by atoms with Gasteiger partial charge in [0.2, 0.25) is 0 Å². The van der Waals surface area contributed by atoms with Gasteiger partial charge < -0.3 is 5.11 Å². The van der Waals surface area contributed by atoms with Crippen LogP contribution in [-0.4, -0.2) is 14.9 Å². The Morgan fingerprint density at radius 1 is 1.22 bits per heavy atom. The zero-order valence-electron chi connectivity index (χ0n) is 11.2. The fraction of sp³-hybridized carbons (Fsp3) is 0.400. The first-order chi connectivity index (χ1) is 8.55. The molecule has 0 aliphatic carbocycles. The summed E-state index contributed by atoms with van der Waals surface area (Å²) in [5, 5.41) is 15.1. The third-order valence-electron chi connectivity index (χ3n) is 3.26. The monoisotopic (exact) mass is 244 g/mol. The smallest absolute Gasteiger partial charge is 0.128 e. The molecule has 96 valence electrons. The zero-order valence-corrected chi connectivity index (χ0v) is 11.2. The Hall–Kier alpha value is -1.61. The fourth-order valence-corrected chi connectivity index (χ4v) is 2.16. The van der Waals surface area contributed by atoms with Crippen LogP contribution in [0, 0.1) is 6.92 Å². The Morgan fingerprint density at radius 3 is 2.50 bits per heavy atom. The average molecular weight is 244 g/mol. The summed E-state index contributed by atoms with van der Waals surface area (Å²) in [6.07, 6.45) is 2.74. The van der Waals surface area contributed by atoms with Crippen LogP contribution in [0.1, 0.15) is 37.1 Å². The largest absolute Gasteiger partial charge is 0.379 e. The minimum Gasteiger partial charge on any atom is -0.379 e. The van der Waals surface area contributed by atoms with Crippen molar-refractivity contribution in [3.05, 3.63) is 53.3 Å².